The summed E-state index contributed by atoms with van der Waals surface area (Å²) in [6, 6.07) is 15.3. The maximum atomic E-state index is 9.06. The number of nitrogens with one attached hydrogen (secondary N) is 1. The second kappa shape index (κ2) is 4.58. The molecule has 0 heterocycles. The summed E-state index contributed by atoms with van der Waals surface area (Å²) in [6.07, 6.45) is 0. The molecule has 2 rings (SSSR count). The average Bonchev–Trinajstić information content (AvgIpc) is 2.34. The summed E-state index contributed by atoms with van der Waals surface area (Å²) < 4.78 is 0. The molecule has 0 radical (unpaired) electrons. The van der Waals surface area contributed by atoms with Gasteiger partial charge >= 0.3 is 0 Å². The Morgan fingerprint density at radius 3 is 2.47 bits per heavy atom. The molecule has 3 N–H and O–H groups in total. The van der Waals surface area contributed by atoms with Gasteiger partial charge in [-0.2, -0.15) is 5.26 Å². The molecule has 0 unspecified atom stereocenters. The molecule has 0 fully saturated rings. The van der Waals surface area contributed by atoms with Crippen LogP contribution in [0.1, 0.15) is 11.1 Å². The van der Waals surface area contributed by atoms with Crippen LogP contribution in [0.2, 0.25) is 0 Å². The Bertz CT molecular complexity index is 565. The lowest BCUT2D eigenvalue weighted by Gasteiger charge is -2.11. The molecule has 0 amide bonds. The van der Waals surface area contributed by atoms with Crippen molar-refractivity contribution in [3.05, 3.63) is 53.6 Å². The van der Waals surface area contributed by atoms with Crippen molar-refractivity contribution >= 4 is 17.1 Å². The highest BCUT2D eigenvalue weighted by Gasteiger charge is 2.04. The number of nitrogen functional groups attached to an aromatic ring is 1. The summed E-state index contributed by atoms with van der Waals surface area (Å²) in [5, 5.41) is 12.3. The summed E-state index contributed by atoms with van der Waals surface area (Å²) in [6.45, 7) is 1.97. The quantitative estimate of drug-likeness (QED) is 0.768. The van der Waals surface area contributed by atoms with Crippen molar-refractivity contribution in [3.63, 3.8) is 0 Å². The first kappa shape index (κ1) is 11.0. The van der Waals surface area contributed by atoms with Crippen LogP contribution in [0.4, 0.5) is 17.1 Å². The van der Waals surface area contributed by atoms with Crippen LogP contribution in [-0.4, -0.2) is 0 Å². The predicted molar refractivity (Wildman–Crippen MR) is 70.0 cm³/mol. The minimum Gasteiger partial charge on any atom is -0.399 e. The molecule has 0 spiro atoms. The van der Waals surface area contributed by atoms with Gasteiger partial charge in [0, 0.05) is 11.4 Å². The SMILES string of the molecule is Cc1cccc(C#N)c1Nc1ccc(N)cc1. The van der Waals surface area contributed by atoms with E-state index in [0.717, 1.165) is 22.6 Å². The Morgan fingerprint density at radius 1 is 1.12 bits per heavy atom. The Balaban J connectivity index is 2.36. The predicted octanol–water partition coefficient (Wildman–Crippen LogP) is 3.19. The van der Waals surface area contributed by atoms with Gasteiger partial charge < -0.3 is 11.1 Å². The first-order chi connectivity index (χ1) is 8.20. The number of nitrogens with two attached hydrogens (primary N) is 1. The van der Waals surface area contributed by atoms with Crippen molar-refractivity contribution in [2.75, 3.05) is 11.1 Å². The first-order valence-corrected chi connectivity index (χ1v) is 5.33. The topological polar surface area (TPSA) is 61.8 Å². The smallest absolute Gasteiger partial charge is 0.101 e. The Hall–Kier alpha value is -2.47. The lowest BCUT2D eigenvalue weighted by atomic mass is 10.1. The van der Waals surface area contributed by atoms with Crippen molar-refractivity contribution in [2.24, 2.45) is 0 Å². The van der Waals surface area contributed by atoms with Gasteiger partial charge in [-0.1, -0.05) is 12.1 Å². The zero-order valence-corrected chi connectivity index (χ0v) is 9.57. The molecule has 0 aliphatic carbocycles. The normalized spacial score (nSPS) is 9.65. The van der Waals surface area contributed by atoms with Crippen molar-refractivity contribution < 1.29 is 0 Å². The van der Waals surface area contributed by atoms with Gasteiger partial charge in [-0.3, -0.25) is 0 Å². The van der Waals surface area contributed by atoms with Crippen molar-refractivity contribution in [1.29, 1.82) is 5.26 Å². The van der Waals surface area contributed by atoms with Gasteiger partial charge in [-0.15, -0.1) is 0 Å². The third-order valence-corrected chi connectivity index (χ3v) is 2.57. The second-order valence-electron chi connectivity index (χ2n) is 3.86. The molecular weight excluding hydrogens is 210 g/mol. The Morgan fingerprint density at radius 2 is 1.82 bits per heavy atom. The molecule has 0 aliphatic rings. The fourth-order valence-electron chi connectivity index (χ4n) is 1.64. The van der Waals surface area contributed by atoms with Crippen LogP contribution in [0.3, 0.4) is 0 Å². The third kappa shape index (κ3) is 2.37. The number of rotatable bonds is 2. The number of hydrogen-bond donors (Lipinski definition) is 2. The van der Waals surface area contributed by atoms with Crippen LogP contribution >= 0.6 is 0 Å². The van der Waals surface area contributed by atoms with Gasteiger partial charge in [0.2, 0.25) is 0 Å². The average molecular weight is 223 g/mol. The van der Waals surface area contributed by atoms with E-state index in [1.54, 1.807) is 6.07 Å². The number of nitrogens with zero attached hydrogens (tertiary/aromatic N) is 1. The number of nitriles is 1. The van der Waals surface area contributed by atoms with Crippen LogP contribution in [-0.2, 0) is 0 Å². The highest BCUT2D eigenvalue weighted by molar-refractivity contribution is 5.70. The van der Waals surface area contributed by atoms with Crippen molar-refractivity contribution in [3.8, 4) is 6.07 Å². The summed E-state index contributed by atoms with van der Waals surface area (Å²) in [7, 11) is 0. The monoisotopic (exact) mass is 223 g/mol. The second-order valence-corrected chi connectivity index (χ2v) is 3.86. The molecule has 0 atom stereocenters. The molecule has 3 heteroatoms. The number of benzene rings is 2. The van der Waals surface area contributed by atoms with Gasteiger partial charge in [-0.05, 0) is 42.8 Å². The van der Waals surface area contributed by atoms with Crippen LogP contribution in [0, 0.1) is 18.3 Å². The zero-order chi connectivity index (χ0) is 12.3. The third-order valence-electron chi connectivity index (χ3n) is 2.57. The standard InChI is InChI=1S/C14H13N3/c1-10-3-2-4-11(9-15)14(10)17-13-7-5-12(16)6-8-13/h2-8,17H,16H2,1H3. The summed E-state index contributed by atoms with van der Waals surface area (Å²) in [4.78, 5) is 0. The molecule has 0 saturated heterocycles. The first-order valence-electron chi connectivity index (χ1n) is 5.33. The van der Waals surface area contributed by atoms with E-state index < -0.39 is 0 Å². The molecule has 84 valence electrons. The summed E-state index contributed by atoms with van der Waals surface area (Å²) in [5.41, 5.74) is 9.80. The number of para-hydroxylation sites is 1. The van der Waals surface area contributed by atoms with E-state index in [1.807, 2.05) is 43.3 Å². The fourth-order valence-corrected chi connectivity index (χ4v) is 1.64. The maximum absolute atomic E-state index is 9.06. The lowest BCUT2D eigenvalue weighted by molar-refractivity contribution is 1.39. The van der Waals surface area contributed by atoms with Gasteiger partial charge in [-0.25, -0.2) is 0 Å². The molecule has 2 aromatic rings. The largest absolute Gasteiger partial charge is 0.399 e. The Labute approximate surface area is 101 Å². The van der Waals surface area contributed by atoms with Gasteiger partial charge in [0.25, 0.3) is 0 Å². The van der Waals surface area contributed by atoms with Gasteiger partial charge in [0.1, 0.15) is 6.07 Å². The molecule has 2 aromatic carbocycles. The van der Waals surface area contributed by atoms with Crippen LogP contribution in [0.15, 0.2) is 42.5 Å². The number of hydrogen-bond acceptors (Lipinski definition) is 3. The van der Waals surface area contributed by atoms with Crippen LogP contribution < -0.4 is 11.1 Å². The minimum atomic E-state index is 0.641. The van der Waals surface area contributed by atoms with Crippen molar-refractivity contribution in [2.45, 2.75) is 6.92 Å². The maximum Gasteiger partial charge on any atom is 0.101 e. The number of aryl methyl sites for hydroxylation is 1. The minimum absolute atomic E-state index is 0.641. The molecule has 3 nitrogen and oxygen atoms in total. The molecule has 0 aromatic heterocycles. The molecular formula is C14H13N3. The van der Waals surface area contributed by atoms with Gasteiger partial charge in [0.05, 0.1) is 11.3 Å². The lowest BCUT2D eigenvalue weighted by Crippen LogP contribution is -1.96. The molecule has 0 aliphatic heterocycles. The van der Waals surface area contributed by atoms with E-state index in [-0.39, 0.29) is 0 Å². The zero-order valence-electron chi connectivity index (χ0n) is 9.57. The van der Waals surface area contributed by atoms with E-state index in [1.165, 1.54) is 0 Å². The highest BCUT2D eigenvalue weighted by Crippen LogP contribution is 2.24. The van der Waals surface area contributed by atoms with E-state index in [2.05, 4.69) is 11.4 Å². The van der Waals surface area contributed by atoms with Crippen LogP contribution in [0.25, 0.3) is 0 Å². The molecule has 17 heavy (non-hydrogen) atoms. The van der Waals surface area contributed by atoms with Crippen LogP contribution in [0.5, 0.6) is 0 Å². The van der Waals surface area contributed by atoms with Crippen molar-refractivity contribution in [1.82, 2.24) is 0 Å². The van der Waals surface area contributed by atoms with E-state index >= 15 is 0 Å². The van der Waals surface area contributed by atoms with E-state index in [4.69, 9.17) is 11.0 Å². The van der Waals surface area contributed by atoms with E-state index in [9.17, 15) is 0 Å². The molecule has 0 saturated carbocycles. The van der Waals surface area contributed by atoms with Gasteiger partial charge in [0.15, 0.2) is 0 Å². The summed E-state index contributed by atoms with van der Waals surface area (Å²) >= 11 is 0. The molecule has 0 bridgehead atoms. The fraction of sp³-hybridized carbons (Fsp3) is 0.0714. The van der Waals surface area contributed by atoms with E-state index in [0.29, 0.717) is 5.56 Å². The number of anilines is 3. The highest BCUT2D eigenvalue weighted by atomic mass is 14.9. The Kier molecular flexibility index (Phi) is 2.97. The summed E-state index contributed by atoms with van der Waals surface area (Å²) in [5.74, 6) is 0.